The highest BCUT2D eigenvalue weighted by molar-refractivity contribution is 4.95. The van der Waals surface area contributed by atoms with Gasteiger partial charge in [-0.3, -0.25) is 4.90 Å². The lowest BCUT2D eigenvalue weighted by Gasteiger charge is -2.38. The van der Waals surface area contributed by atoms with E-state index in [1.165, 1.54) is 64.6 Å². The molecule has 2 heteroatoms. The molecule has 0 spiro atoms. The van der Waals surface area contributed by atoms with Gasteiger partial charge in [0.15, 0.2) is 0 Å². The van der Waals surface area contributed by atoms with Gasteiger partial charge in [0.1, 0.15) is 0 Å². The maximum Gasteiger partial charge on any atom is 0.0224 e. The summed E-state index contributed by atoms with van der Waals surface area (Å²) in [7, 11) is 0. The van der Waals surface area contributed by atoms with E-state index in [0.717, 1.165) is 18.0 Å². The molecule has 16 heavy (non-hydrogen) atoms. The third kappa shape index (κ3) is 2.43. The number of piperazine rings is 1. The molecule has 0 radical (unpaired) electrons. The minimum absolute atomic E-state index is 0. The Morgan fingerprint density at radius 1 is 0.875 bits per heavy atom. The van der Waals surface area contributed by atoms with E-state index in [0.29, 0.717) is 0 Å². The van der Waals surface area contributed by atoms with Crippen LogP contribution in [0.2, 0.25) is 0 Å². The number of fused-ring (bicyclic) bond motifs is 2. The maximum absolute atomic E-state index is 3.57. The van der Waals surface area contributed by atoms with Gasteiger partial charge in [0.05, 0.1) is 0 Å². The van der Waals surface area contributed by atoms with E-state index in [9.17, 15) is 0 Å². The van der Waals surface area contributed by atoms with E-state index in [-0.39, 0.29) is 7.43 Å². The van der Waals surface area contributed by atoms with Crippen LogP contribution in [0, 0.1) is 5.92 Å². The monoisotopic (exact) mass is 224 g/mol. The molecular weight excluding hydrogens is 196 g/mol. The fourth-order valence-electron chi connectivity index (χ4n) is 3.84. The number of nitrogens with zero attached hydrogens (tertiary/aromatic N) is 1. The molecule has 1 aliphatic carbocycles. The summed E-state index contributed by atoms with van der Waals surface area (Å²) in [5.41, 5.74) is 0. The second kappa shape index (κ2) is 5.50. The summed E-state index contributed by atoms with van der Waals surface area (Å²) >= 11 is 0. The van der Waals surface area contributed by atoms with Gasteiger partial charge < -0.3 is 5.32 Å². The average Bonchev–Trinajstić information content (AvgIpc) is 2.53. The second-order valence-corrected chi connectivity index (χ2v) is 5.74. The third-order valence-corrected chi connectivity index (χ3v) is 4.72. The molecule has 0 amide bonds. The molecule has 3 aliphatic rings. The molecule has 0 aromatic carbocycles. The molecule has 2 bridgehead atoms. The van der Waals surface area contributed by atoms with Crippen molar-refractivity contribution < 1.29 is 0 Å². The Bertz CT molecular complexity index is 195. The molecule has 94 valence electrons. The Morgan fingerprint density at radius 2 is 1.50 bits per heavy atom. The lowest BCUT2D eigenvalue weighted by atomic mass is 9.88. The van der Waals surface area contributed by atoms with Crippen LogP contribution in [0.4, 0.5) is 0 Å². The summed E-state index contributed by atoms with van der Waals surface area (Å²) in [6.45, 7) is 3.92. The van der Waals surface area contributed by atoms with Crippen LogP contribution in [-0.2, 0) is 0 Å². The normalized spacial score (nSPS) is 36.0. The van der Waals surface area contributed by atoms with Crippen molar-refractivity contribution in [3.63, 3.8) is 0 Å². The molecule has 2 nitrogen and oxygen atoms in total. The second-order valence-electron chi connectivity index (χ2n) is 5.74. The molecule has 0 aromatic heterocycles. The number of hydrogen-bond donors (Lipinski definition) is 1. The van der Waals surface area contributed by atoms with Crippen molar-refractivity contribution in [2.24, 2.45) is 5.92 Å². The predicted molar refractivity (Wildman–Crippen MR) is 69.7 cm³/mol. The van der Waals surface area contributed by atoms with Crippen LogP contribution >= 0.6 is 0 Å². The fourth-order valence-corrected chi connectivity index (χ4v) is 3.84. The summed E-state index contributed by atoms with van der Waals surface area (Å²) in [5.74, 6) is 1.03. The van der Waals surface area contributed by atoms with Gasteiger partial charge >= 0.3 is 0 Å². The first kappa shape index (κ1) is 12.4. The Hall–Kier alpha value is -0.0800. The first-order chi connectivity index (χ1) is 7.43. The van der Waals surface area contributed by atoms with Crippen LogP contribution in [0.5, 0.6) is 0 Å². The molecular formula is C14H28N2. The number of hydrogen-bond acceptors (Lipinski definition) is 2. The van der Waals surface area contributed by atoms with Crippen LogP contribution < -0.4 is 5.32 Å². The van der Waals surface area contributed by atoms with E-state index < -0.39 is 0 Å². The first-order valence-electron chi connectivity index (χ1n) is 6.90. The van der Waals surface area contributed by atoms with Crippen LogP contribution in [0.25, 0.3) is 0 Å². The van der Waals surface area contributed by atoms with Gasteiger partial charge in [0.25, 0.3) is 0 Å². The first-order valence-corrected chi connectivity index (χ1v) is 6.90. The quantitative estimate of drug-likeness (QED) is 0.776. The lowest BCUT2D eigenvalue weighted by Crippen LogP contribution is -2.53. The summed E-state index contributed by atoms with van der Waals surface area (Å²) in [4.78, 5) is 2.84. The summed E-state index contributed by atoms with van der Waals surface area (Å²) < 4.78 is 0. The lowest BCUT2D eigenvalue weighted by molar-refractivity contribution is 0.117. The molecule has 1 saturated carbocycles. The van der Waals surface area contributed by atoms with Gasteiger partial charge in [0.2, 0.25) is 0 Å². The minimum atomic E-state index is 0. The maximum atomic E-state index is 3.57. The molecule has 0 aromatic rings. The van der Waals surface area contributed by atoms with Gasteiger partial charge in [-0.05, 0) is 31.6 Å². The Balaban J connectivity index is 0.000000963. The Labute approximate surface area is 101 Å². The van der Waals surface area contributed by atoms with Crippen LogP contribution in [0.1, 0.15) is 52.4 Å². The van der Waals surface area contributed by atoms with Gasteiger partial charge in [-0.25, -0.2) is 0 Å². The zero-order valence-corrected chi connectivity index (χ0v) is 9.75. The van der Waals surface area contributed by atoms with Crippen molar-refractivity contribution in [1.82, 2.24) is 10.2 Å². The fraction of sp³-hybridized carbons (Fsp3) is 1.00. The zero-order valence-electron chi connectivity index (χ0n) is 9.75. The van der Waals surface area contributed by atoms with E-state index >= 15 is 0 Å². The average molecular weight is 224 g/mol. The van der Waals surface area contributed by atoms with E-state index in [2.05, 4.69) is 10.2 Å². The standard InChI is InChI=1S/C13H24N2.CH4/c1-2-4-11(5-3-1)10-15-12-6-7-13(15)9-14-8-12;/h11-14H,1-10H2;1H4. The summed E-state index contributed by atoms with van der Waals surface area (Å²) in [6, 6.07) is 1.76. The smallest absolute Gasteiger partial charge is 0.0224 e. The zero-order chi connectivity index (χ0) is 10.1. The summed E-state index contributed by atoms with van der Waals surface area (Å²) in [6.07, 6.45) is 10.4. The van der Waals surface area contributed by atoms with Gasteiger partial charge in [-0.1, -0.05) is 26.7 Å². The van der Waals surface area contributed by atoms with Crippen molar-refractivity contribution >= 4 is 0 Å². The Morgan fingerprint density at radius 3 is 2.12 bits per heavy atom. The molecule has 3 fully saturated rings. The van der Waals surface area contributed by atoms with Gasteiger partial charge in [-0.15, -0.1) is 0 Å². The van der Waals surface area contributed by atoms with Crippen molar-refractivity contribution in [1.29, 1.82) is 0 Å². The van der Waals surface area contributed by atoms with E-state index in [1.54, 1.807) is 0 Å². The highest BCUT2D eigenvalue weighted by Crippen LogP contribution is 2.31. The Kier molecular flexibility index (Phi) is 4.26. The van der Waals surface area contributed by atoms with Gasteiger partial charge in [-0.2, -0.15) is 0 Å². The third-order valence-electron chi connectivity index (χ3n) is 4.72. The van der Waals surface area contributed by atoms with Gasteiger partial charge in [0, 0.05) is 31.7 Å². The number of nitrogens with one attached hydrogen (secondary N) is 1. The topological polar surface area (TPSA) is 15.3 Å². The molecule has 2 saturated heterocycles. The summed E-state index contributed by atoms with van der Waals surface area (Å²) in [5, 5.41) is 3.57. The van der Waals surface area contributed by atoms with Crippen LogP contribution in [-0.4, -0.2) is 36.6 Å². The molecule has 1 N–H and O–H groups in total. The predicted octanol–water partition coefficient (Wildman–Crippen LogP) is 2.64. The van der Waals surface area contributed by atoms with Crippen molar-refractivity contribution in [2.75, 3.05) is 19.6 Å². The SMILES string of the molecule is C.C1CCC(CN2C3CCC2CNC3)CC1. The molecule has 2 aliphatic heterocycles. The van der Waals surface area contributed by atoms with Crippen molar-refractivity contribution in [3.8, 4) is 0 Å². The molecule has 3 rings (SSSR count). The molecule has 2 heterocycles. The van der Waals surface area contributed by atoms with Crippen LogP contribution in [0.15, 0.2) is 0 Å². The molecule has 2 unspecified atom stereocenters. The highest BCUT2D eigenvalue weighted by Gasteiger charge is 2.37. The largest absolute Gasteiger partial charge is 0.314 e. The minimum Gasteiger partial charge on any atom is -0.314 e. The highest BCUT2D eigenvalue weighted by atomic mass is 15.3. The van der Waals surface area contributed by atoms with Crippen molar-refractivity contribution in [2.45, 2.75) is 64.5 Å². The number of rotatable bonds is 2. The van der Waals surface area contributed by atoms with E-state index in [1.807, 2.05) is 0 Å². The molecule has 2 atom stereocenters. The van der Waals surface area contributed by atoms with Crippen LogP contribution in [0.3, 0.4) is 0 Å². The van der Waals surface area contributed by atoms with Crippen molar-refractivity contribution in [3.05, 3.63) is 0 Å². The van der Waals surface area contributed by atoms with E-state index in [4.69, 9.17) is 0 Å².